The fraction of sp³-hybridized carbons (Fsp3) is 0.355. The van der Waals surface area contributed by atoms with Gasteiger partial charge in [0.05, 0.1) is 5.56 Å². The highest BCUT2D eigenvalue weighted by Gasteiger charge is 2.29. The van der Waals surface area contributed by atoms with E-state index >= 15 is 0 Å². The van der Waals surface area contributed by atoms with E-state index in [0.717, 1.165) is 61.1 Å². The second-order valence-corrected chi connectivity index (χ2v) is 11.4. The van der Waals surface area contributed by atoms with Crippen molar-refractivity contribution in [2.75, 3.05) is 44.6 Å². The number of piperazine rings is 1. The molecule has 2 heterocycles. The third-order valence-electron chi connectivity index (χ3n) is 7.75. The Bertz CT molecular complexity index is 1340. The minimum atomic E-state index is -0.871. The number of hydrogen-bond donors (Lipinski definition) is 1. The summed E-state index contributed by atoms with van der Waals surface area (Å²) in [6.45, 7) is 6.28. The number of hydrogen-bond acceptors (Lipinski definition) is 4. The van der Waals surface area contributed by atoms with Crippen molar-refractivity contribution in [2.24, 2.45) is 5.92 Å². The maximum Gasteiger partial charge on any atom is 0.256 e. The lowest BCUT2D eigenvalue weighted by molar-refractivity contribution is -0.121. The summed E-state index contributed by atoms with van der Waals surface area (Å²) < 4.78 is 28.2. The van der Waals surface area contributed by atoms with Crippen molar-refractivity contribution in [3.05, 3.63) is 99.5 Å². The monoisotopic (exact) mass is 610 g/mol. The van der Waals surface area contributed by atoms with Crippen LogP contribution in [0.1, 0.15) is 34.3 Å². The van der Waals surface area contributed by atoms with Crippen molar-refractivity contribution in [3.8, 4) is 0 Å². The average molecular weight is 612 g/mol. The van der Waals surface area contributed by atoms with E-state index in [-0.39, 0.29) is 17.4 Å². The fourth-order valence-corrected chi connectivity index (χ4v) is 5.76. The number of amides is 2. The number of rotatable bonds is 7. The molecule has 0 bridgehead atoms. The van der Waals surface area contributed by atoms with Crippen LogP contribution in [0.4, 0.5) is 14.5 Å². The van der Waals surface area contributed by atoms with Crippen LogP contribution >= 0.6 is 15.9 Å². The van der Waals surface area contributed by atoms with E-state index in [1.165, 1.54) is 16.5 Å². The lowest BCUT2D eigenvalue weighted by Gasteiger charge is -2.35. The van der Waals surface area contributed by atoms with Crippen molar-refractivity contribution in [1.29, 1.82) is 0 Å². The summed E-state index contributed by atoms with van der Waals surface area (Å²) >= 11 is 3.53. The molecule has 3 aromatic carbocycles. The molecule has 2 amide bonds. The highest BCUT2D eigenvalue weighted by atomic mass is 79.9. The SMILES string of the molecule is O=C(Nc1cc(Br)ccc1CN1CCN(Cc2ccccc2)CC1)C1CCN(C(=O)c2ccc(F)cc2F)CC1. The molecule has 9 heteroatoms. The zero-order chi connectivity index (χ0) is 28.1. The predicted molar refractivity (Wildman–Crippen MR) is 155 cm³/mol. The Morgan fingerprint density at radius 3 is 2.17 bits per heavy atom. The molecule has 6 nitrogen and oxygen atoms in total. The first-order valence-electron chi connectivity index (χ1n) is 13.7. The molecule has 210 valence electrons. The molecule has 0 atom stereocenters. The number of carbonyl (C=O) groups excluding carboxylic acids is 2. The van der Waals surface area contributed by atoms with E-state index in [0.29, 0.717) is 32.0 Å². The number of nitrogens with one attached hydrogen (secondary N) is 1. The van der Waals surface area contributed by atoms with Gasteiger partial charge in [-0.25, -0.2) is 8.78 Å². The van der Waals surface area contributed by atoms with E-state index in [4.69, 9.17) is 0 Å². The van der Waals surface area contributed by atoms with Gasteiger partial charge in [0.2, 0.25) is 5.91 Å². The smallest absolute Gasteiger partial charge is 0.256 e. The molecule has 0 aliphatic carbocycles. The zero-order valence-corrected chi connectivity index (χ0v) is 23.9. The van der Waals surface area contributed by atoms with E-state index in [9.17, 15) is 18.4 Å². The van der Waals surface area contributed by atoms with Gasteiger partial charge in [-0.3, -0.25) is 19.4 Å². The van der Waals surface area contributed by atoms with Gasteiger partial charge >= 0.3 is 0 Å². The predicted octanol–water partition coefficient (Wildman–Crippen LogP) is 5.54. The normalized spacial score (nSPS) is 17.1. The van der Waals surface area contributed by atoms with Crippen LogP contribution < -0.4 is 5.32 Å². The lowest BCUT2D eigenvalue weighted by atomic mass is 9.95. The molecule has 0 spiro atoms. The summed E-state index contributed by atoms with van der Waals surface area (Å²) in [5.41, 5.74) is 3.03. The second-order valence-electron chi connectivity index (χ2n) is 10.5. The fourth-order valence-electron chi connectivity index (χ4n) is 5.40. The Kier molecular flexibility index (Phi) is 9.24. The summed E-state index contributed by atoms with van der Waals surface area (Å²) in [6, 6.07) is 19.5. The molecule has 3 aromatic rings. The number of piperidine rings is 1. The second kappa shape index (κ2) is 13.0. The Labute approximate surface area is 242 Å². The Balaban J connectivity index is 1.14. The third kappa shape index (κ3) is 7.13. The standard InChI is InChI=1S/C31H33BrF2N4O2/c32-25-7-6-24(21-37-16-14-36(15-17-37)20-22-4-2-1-3-5-22)29(18-25)35-30(39)23-10-12-38(13-11-23)31(40)27-9-8-26(33)19-28(27)34/h1-9,18-19,23H,10-17,20-21H2,(H,35,39). The summed E-state index contributed by atoms with van der Waals surface area (Å²) in [7, 11) is 0. The molecule has 0 aromatic heterocycles. The van der Waals surface area contributed by atoms with Gasteiger partial charge in [0.15, 0.2) is 0 Å². The minimum Gasteiger partial charge on any atom is -0.339 e. The number of likely N-dealkylation sites (tertiary alicyclic amines) is 1. The lowest BCUT2D eigenvalue weighted by Crippen LogP contribution is -2.45. The molecule has 2 fully saturated rings. The number of anilines is 1. The van der Waals surface area contributed by atoms with Crippen molar-refractivity contribution >= 4 is 33.4 Å². The Morgan fingerprint density at radius 1 is 0.825 bits per heavy atom. The van der Waals surface area contributed by atoms with Crippen LogP contribution in [-0.2, 0) is 17.9 Å². The van der Waals surface area contributed by atoms with Crippen molar-refractivity contribution in [2.45, 2.75) is 25.9 Å². The van der Waals surface area contributed by atoms with Crippen molar-refractivity contribution < 1.29 is 18.4 Å². The summed E-state index contributed by atoms with van der Waals surface area (Å²) in [4.78, 5) is 32.4. The molecular formula is C31H33BrF2N4O2. The maximum atomic E-state index is 14.1. The molecule has 2 aliphatic heterocycles. The number of benzene rings is 3. The topological polar surface area (TPSA) is 55.9 Å². The first-order chi connectivity index (χ1) is 19.4. The Morgan fingerprint density at radius 2 is 1.50 bits per heavy atom. The van der Waals surface area contributed by atoms with Crippen LogP contribution in [0.2, 0.25) is 0 Å². The highest BCUT2D eigenvalue weighted by Crippen LogP contribution is 2.27. The van der Waals surface area contributed by atoms with Gasteiger partial charge in [-0.2, -0.15) is 0 Å². The first kappa shape index (κ1) is 28.4. The van der Waals surface area contributed by atoms with Gasteiger partial charge in [0.1, 0.15) is 11.6 Å². The largest absolute Gasteiger partial charge is 0.339 e. The summed E-state index contributed by atoms with van der Waals surface area (Å²) in [6.07, 6.45) is 0.959. The van der Waals surface area contributed by atoms with Gasteiger partial charge in [-0.05, 0) is 48.2 Å². The molecule has 2 aliphatic rings. The van der Waals surface area contributed by atoms with Crippen LogP contribution in [0.3, 0.4) is 0 Å². The summed E-state index contributed by atoms with van der Waals surface area (Å²) in [5.74, 6) is -2.40. The molecule has 1 N–H and O–H groups in total. The molecule has 5 rings (SSSR count). The molecule has 0 unspecified atom stereocenters. The molecule has 0 saturated carbocycles. The van der Waals surface area contributed by atoms with Crippen LogP contribution in [0.5, 0.6) is 0 Å². The van der Waals surface area contributed by atoms with Crippen molar-refractivity contribution in [3.63, 3.8) is 0 Å². The van der Waals surface area contributed by atoms with E-state index in [2.05, 4.69) is 61.4 Å². The quantitative estimate of drug-likeness (QED) is 0.382. The van der Waals surface area contributed by atoms with Gasteiger partial charge in [-0.15, -0.1) is 0 Å². The minimum absolute atomic E-state index is 0.0768. The first-order valence-corrected chi connectivity index (χ1v) is 14.5. The van der Waals surface area contributed by atoms with Gasteiger partial charge < -0.3 is 10.2 Å². The number of carbonyl (C=O) groups is 2. The molecule has 2 saturated heterocycles. The summed E-state index contributed by atoms with van der Waals surface area (Å²) in [5, 5.41) is 3.13. The number of halogens is 3. The van der Waals surface area contributed by atoms with Gasteiger partial charge in [0.25, 0.3) is 5.91 Å². The van der Waals surface area contributed by atoms with E-state index < -0.39 is 17.5 Å². The van der Waals surface area contributed by atoms with Gasteiger partial charge in [0, 0.05) is 74.5 Å². The van der Waals surface area contributed by atoms with Gasteiger partial charge in [-0.1, -0.05) is 52.3 Å². The molecule has 40 heavy (non-hydrogen) atoms. The van der Waals surface area contributed by atoms with Crippen LogP contribution in [0.15, 0.2) is 71.2 Å². The third-order valence-corrected chi connectivity index (χ3v) is 8.25. The number of nitrogens with zero attached hydrogens (tertiary/aromatic N) is 3. The van der Waals surface area contributed by atoms with E-state index in [1.54, 1.807) is 0 Å². The highest BCUT2D eigenvalue weighted by molar-refractivity contribution is 9.10. The van der Waals surface area contributed by atoms with E-state index in [1.807, 2.05) is 18.2 Å². The molecule has 0 radical (unpaired) electrons. The van der Waals surface area contributed by atoms with Crippen LogP contribution in [0.25, 0.3) is 0 Å². The van der Waals surface area contributed by atoms with Crippen LogP contribution in [0, 0.1) is 17.6 Å². The maximum absolute atomic E-state index is 14.1. The van der Waals surface area contributed by atoms with Crippen LogP contribution in [-0.4, -0.2) is 65.8 Å². The average Bonchev–Trinajstić information content (AvgIpc) is 2.96. The molecular weight excluding hydrogens is 578 g/mol. The zero-order valence-electron chi connectivity index (χ0n) is 22.3. The van der Waals surface area contributed by atoms with Crippen molar-refractivity contribution in [1.82, 2.24) is 14.7 Å². The Hall–Kier alpha value is -3.14.